The Hall–Kier alpha value is -2.67. The van der Waals surface area contributed by atoms with Crippen molar-refractivity contribution in [1.29, 1.82) is 0 Å². The lowest BCUT2D eigenvalue weighted by Gasteiger charge is -2.27. The van der Waals surface area contributed by atoms with Crippen LogP contribution in [0.25, 0.3) is 0 Å². The number of amides is 2. The Labute approximate surface area is 236 Å². The molecule has 3 atom stereocenters. The van der Waals surface area contributed by atoms with Crippen LogP contribution < -0.4 is 15.4 Å². The monoisotopic (exact) mass is 580 g/mol. The molecule has 1 aromatic rings. The molecule has 0 heterocycles. The summed E-state index contributed by atoms with van der Waals surface area (Å²) in [5, 5.41) is 5.83. The molecule has 1 aromatic carbocycles. The Bertz CT molecular complexity index is 1200. The van der Waals surface area contributed by atoms with Crippen molar-refractivity contribution < 1.29 is 27.5 Å². The van der Waals surface area contributed by atoms with Gasteiger partial charge in [-0.3, -0.25) is 9.79 Å². The predicted octanol–water partition coefficient (Wildman–Crippen LogP) is 4.46. The fraction of sp³-hybridized carbons (Fsp3) is 0.519. The zero-order valence-electron chi connectivity index (χ0n) is 23.6. The number of allylic oxidation sites excluding steroid dienone is 2. The first kappa shape index (κ1) is 32.5. The van der Waals surface area contributed by atoms with E-state index in [0.717, 1.165) is 5.57 Å². The van der Waals surface area contributed by atoms with Crippen LogP contribution in [-0.4, -0.2) is 62.7 Å². The molecule has 0 fully saturated rings. The maximum atomic E-state index is 13.5. The molecule has 2 amide bonds. The topological polar surface area (TPSA) is 135 Å². The molecule has 0 radical (unpaired) electrons. The molecule has 10 nitrogen and oxygen atoms in total. The highest BCUT2D eigenvalue weighted by atomic mass is 32.2. The molecule has 3 unspecified atom stereocenters. The lowest BCUT2D eigenvalue weighted by atomic mass is 9.96. The quantitative estimate of drug-likeness (QED) is 0.245. The summed E-state index contributed by atoms with van der Waals surface area (Å²) in [6.45, 7) is 11.0. The largest absolute Gasteiger partial charge is 0.444 e. The van der Waals surface area contributed by atoms with Crippen molar-refractivity contribution in [3.63, 3.8) is 0 Å². The lowest BCUT2D eigenvalue weighted by Crippen LogP contribution is -2.45. The van der Waals surface area contributed by atoms with E-state index in [1.54, 1.807) is 46.9 Å². The van der Waals surface area contributed by atoms with Gasteiger partial charge < -0.3 is 20.1 Å². The molecule has 1 aliphatic carbocycles. The molecular formula is C27H40N4O6S2. The number of hydrogen-bond donors (Lipinski definition) is 3. The van der Waals surface area contributed by atoms with Crippen molar-refractivity contribution in [2.75, 3.05) is 24.7 Å². The second kappa shape index (κ2) is 14.6. The summed E-state index contributed by atoms with van der Waals surface area (Å²) in [5.41, 5.74) is 0.689. The van der Waals surface area contributed by atoms with Crippen LogP contribution in [0.15, 0.2) is 58.0 Å². The van der Waals surface area contributed by atoms with Gasteiger partial charge in [0.15, 0.2) is 0 Å². The smallest absolute Gasteiger partial charge is 0.407 e. The molecule has 0 bridgehead atoms. The molecule has 39 heavy (non-hydrogen) atoms. The minimum Gasteiger partial charge on any atom is -0.444 e. The number of anilines is 1. The number of alkyl carbamates (subject to hydrolysis) is 1. The van der Waals surface area contributed by atoms with Gasteiger partial charge in [-0.2, -0.15) is 0 Å². The Morgan fingerprint density at radius 2 is 1.95 bits per heavy atom. The molecule has 216 valence electrons. The highest BCUT2D eigenvalue weighted by molar-refractivity contribution is 8.14. The number of nitrogens with zero attached hydrogens (tertiary/aromatic N) is 1. The van der Waals surface area contributed by atoms with Crippen molar-refractivity contribution in [2.45, 2.75) is 70.7 Å². The molecule has 0 saturated heterocycles. The van der Waals surface area contributed by atoms with E-state index >= 15 is 0 Å². The highest BCUT2D eigenvalue weighted by Gasteiger charge is 2.32. The first-order chi connectivity index (χ1) is 18.3. The van der Waals surface area contributed by atoms with Gasteiger partial charge in [-0.25, -0.2) is 17.9 Å². The van der Waals surface area contributed by atoms with Crippen LogP contribution in [0.5, 0.6) is 0 Å². The first-order valence-electron chi connectivity index (χ1n) is 12.7. The number of sulfonamides is 1. The van der Waals surface area contributed by atoms with E-state index in [4.69, 9.17) is 9.47 Å². The van der Waals surface area contributed by atoms with Crippen LogP contribution in [0.3, 0.4) is 0 Å². The Morgan fingerprint density at radius 1 is 1.23 bits per heavy atom. The van der Waals surface area contributed by atoms with Crippen molar-refractivity contribution in [2.24, 2.45) is 10.9 Å². The molecule has 2 rings (SSSR count). The number of nitrogens with one attached hydrogen (secondary N) is 3. The normalized spacial score (nSPS) is 17.4. The summed E-state index contributed by atoms with van der Waals surface area (Å²) in [4.78, 5) is 28.8. The number of ether oxygens (including phenoxy) is 2. The zero-order valence-corrected chi connectivity index (χ0v) is 25.2. The van der Waals surface area contributed by atoms with Crippen molar-refractivity contribution >= 4 is 44.5 Å². The summed E-state index contributed by atoms with van der Waals surface area (Å²) in [6, 6.07) is 5.38. The van der Waals surface area contributed by atoms with E-state index in [-0.39, 0.29) is 29.7 Å². The Kier molecular flexibility index (Phi) is 12.2. The molecule has 0 aromatic heterocycles. The van der Waals surface area contributed by atoms with Gasteiger partial charge in [0.25, 0.3) is 0 Å². The van der Waals surface area contributed by atoms with Gasteiger partial charge in [-0.15, -0.1) is 11.8 Å². The number of carbonyl (C=O) groups is 2. The fourth-order valence-electron chi connectivity index (χ4n) is 3.62. The van der Waals surface area contributed by atoms with E-state index in [2.05, 4.69) is 20.3 Å². The second-order valence-electron chi connectivity index (χ2n) is 9.91. The van der Waals surface area contributed by atoms with Gasteiger partial charge in [0.1, 0.15) is 11.8 Å². The van der Waals surface area contributed by atoms with Crippen molar-refractivity contribution in [3.8, 4) is 0 Å². The van der Waals surface area contributed by atoms with E-state index in [0.29, 0.717) is 16.5 Å². The van der Waals surface area contributed by atoms with Gasteiger partial charge in [-0.05, 0) is 58.6 Å². The van der Waals surface area contributed by atoms with Crippen LogP contribution in [0, 0.1) is 5.92 Å². The van der Waals surface area contributed by atoms with Gasteiger partial charge in [0, 0.05) is 31.7 Å². The number of rotatable bonds is 12. The van der Waals surface area contributed by atoms with E-state index in [1.165, 1.54) is 23.9 Å². The molecule has 3 N–H and O–H groups in total. The summed E-state index contributed by atoms with van der Waals surface area (Å²) < 4.78 is 40.4. The molecule has 0 spiro atoms. The van der Waals surface area contributed by atoms with Crippen LogP contribution in [0.1, 0.15) is 48.0 Å². The van der Waals surface area contributed by atoms with Crippen LogP contribution in [0.4, 0.5) is 10.5 Å². The number of carbonyl (C=O) groups excluding carboxylic acids is 2. The Balaban J connectivity index is 2.18. The van der Waals surface area contributed by atoms with Gasteiger partial charge in [0.05, 0.1) is 16.0 Å². The summed E-state index contributed by atoms with van der Waals surface area (Å²) in [7, 11) is -2.45. The number of aliphatic imine (C=N–C) groups is 1. The van der Waals surface area contributed by atoms with Crippen molar-refractivity contribution in [3.05, 3.63) is 48.1 Å². The third-order valence-corrected chi connectivity index (χ3v) is 7.88. The fourth-order valence-corrected chi connectivity index (χ4v) is 5.87. The molecule has 12 heteroatoms. The predicted molar refractivity (Wildman–Crippen MR) is 156 cm³/mol. The zero-order chi connectivity index (χ0) is 29.2. The highest BCUT2D eigenvalue weighted by Crippen LogP contribution is 2.28. The first-order valence-corrected chi connectivity index (χ1v) is 15.2. The summed E-state index contributed by atoms with van der Waals surface area (Å²) in [5.74, 6) is 0.115. The number of thioether (sulfide) groups is 1. The summed E-state index contributed by atoms with van der Waals surface area (Å²) in [6.07, 6.45) is 4.74. The maximum Gasteiger partial charge on any atom is 0.407 e. The minimum absolute atomic E-state index is 0.00132. The standard InChI is InChI=1S/C27H40N4O6S2/c1-8-38-25(29-19(3)36-7)24(22-14-9-11-18(22)2)31-39(34,35)21-13-10-12-20(17-21)30-23(32)15-16-28-26(33)37-27(4,5)6/h9-14,17,19,22,24,31H,8,15-16H2,1-7H3,(H,28,33)(H,30,32)/b29-25-. The Morgan fingerprint density at radius 3 is 2.54 bits per heavy atom. The van der Waals surface area contributed by atoms with Gasteiger partial charge in [0.2, 0.25) is 15.9 Å². The minimum atomic E-state index is -4.00. The SMILES string of the molecule is CCS/C(=N\C(C)OC)C(NS(=O)(=O)c1cccc(NC(=O)CCNC(=O)OC(C)(C)C)c1)C1C=CC=C1C. The maximum absolute atomic E-state index is 13.5. The number of hydrogen-bond acceptors (Lipinski definition) is 8. The third kappa shape index (κ3) is 10.8. The number of methoxy groups -OCH3 is 1. The van der Waals surface area contributed by atoms with Crippen LogP contribution >= 0.6 is 11.8 Å². The molecule has 1 aliphatic rings. The molecule has 0 aliphatic heterocycles. The summed E-state index contributed by atoms with van der Waals surface area (Å²) >= 11 is 1.46. The van der Waals surface area contributed by atoms with Crippen molar-refractivity contribution in [1.82, 2.24) is 10.0 Å². The van der Waals surface area contributed by atoms with Gasteiger partial charge >= 0.3 is 6.09 Å². The average Bonchev–Trinajstić information content (AvgIpc) is 3.26. The van der Waals surface area contributed by atoms with E-state index in [1.807, 2.05) is 32.1 Å². The van der Waals surface area contributed by atoms with Gasteiger partial charge in [-0.1, -0.05) is 36.8 Å². The lowest BCUT2D eigenvalue weighted by molar-refractivity contribution is -0.116. The number of benzene rings is 1. The van der Waals surface area contributed by atoms with Crippen LogP contribution in [-0.2, 0) is 24.3 Å². The van der Waals surface area contributed by atoms with Crippen LogP contribution in [0.2, 0.25) is 0 Å². The second-order valence-corrected chi connectivity index (χ2v) is 12.9. The average molecular weight is 581 g/mol. The molecular weight excluding hydrogens is 540 g/mol. The molecule has 0 saturated carbocycles. The third-order valence-electron chi connectivity index (χ3n) is 5.50. The van der Waals surface area contributed by atoms with E-state index < -0.39 is 34.0 Å². The van der Waals surface area contributed by atoms with E-state index in [9.17, 15) is 18.0 Å².